The fourth-order valence-corrected chi connectivity index (χ4v) is 4.61. The Morgan fingerprint density at radius 2 is 1.96 bits per heavy atom. The van der Waals surface area contributed by atoms with E-state index in [-0.39, 0.29) is 17.4 Å². The minimum atomic E-state index is -4.54. The summed E-state index contributed by atoms with van der Waals surface area (Å²) in [4.78, 5) is 23.0. The molecule has 0 atom stereocenters. The molecule has 0 spiro atoms. The first-order valence-corrected chi connectivity index (χ1v) is 10.4. The normalized spacial score (nSPS) is 14.0. The second kappa shape index (κ2) is 9.09. The summed E-state index contributed by atoms with van der Waals surface area (Å²) in [6.45, 7) is 8.35. The number of aryl methyl sites for hydroxylation is 1. The van der Waals surface area contributed by atoms with Crippen LogP contribution in [-0.2, 0) is 6.18 Å². The van der Waals surface area contributed by atoms with Crippen LogP contribution >= 0.6 is 23.1 Å². The van der Waals surface area contributed by atoms with Crippen LogP contribution in [0.5, 0.6) is 0 Å². The van der Waals surface area contributed by atoms with E-state index >= 15 is 0 Å². The van der Waals surface area contributed by atoms with Gasteiger partial charge in [-0.05, 0) is 33.8 Å². The van der Waals surface area contributed by atoms with Crippen molar-refractivity contribution in [2.75, 3.05) is 19.3 Å². The molecule has 0 unspecified atom stereocenters. The molecule has 28 heavy (non-hydrogen) atoms. The van der Waals surface area contributed by atoms with Crippen LogP contribution in [0.3, 0.4) is 0 Å². The van der Waals surface area contributed by atoms with E-state index in [4.69, 9.17) is 0 Å². The van der Waals surface area contributed by atoms with Gasteiger partial charge in [0.25, 0.3) is 5.91 Å². The number of alkyl halides is 3. The van der Waals surface area contributed by atoms with Gasteiger partial charge in [-0.15, -0.1) is 23.1 Å². The van der Waals surface area contributed by atoms with Crippen LogP contribution in [0.25, 0.3) is 10.6 Å². The van der Waals surface area contributed by atoms with Crippen molar-refractivity contribution in [1.29, 1.82) is 0 Å². The molecule has 1 aliphatic rings. The molecule has 1 aliphatic heterocycles. The Morgan fingerprint density at radius 1 is 1.32 bits per heavy atom. The highest BCUT2D eigenvalue weighted by molar-refractivity contribution is 7.99. The number of hydrogen-bond acceptors (Lipinski definition) is 5. The van der Waals surface area contributed by atoms with Crippen molar-refractivity contribution in [3.63, 3.8) is 0 Å². The van der Waals surface area contributed by atoms with Gasteiger partial charge >= 0.3 is 6.18 Å². The van der Waals surface area contributed by atoms with E-state index in [0.717, 1.165) is 17.5 Å². The number of thiophene rings is 1. The summed E-state index contributed by atoms with van der Waals surface area (Å²) >= 11 is 2.52. The standard InChI is InChI=1S/C14H12F3N3OS2.C5H10/c1-7-18-6-8(14(15,16)17)11(19-7)9-5-10-12(23-9)13(21)20(2)3-4-22-10;1-4-5(2)3/h5-6H,3-4H2,1-2H3;4H,1-3H3. The number of carbonyl (C=O) groups is 1. The first-order chi connectivity index (χ1) is 13.0. The molecule has 3 heterocycles. The third-order valence-electron chi connectivity index (χ3n) is 3.95. The molecule has 9 heteroatoms. The lowest BCUT2D eigenvalue weighted by Crippen LogP contribution is -2.26. The number of hydrogen-bond donors (Lipinski definition) is 0. The minimum absolute atomic E-state index is 0.166. The lowest BCUT2D eigenvalue weighted by molar-refractivity contribution is -0.137. The second-order valence-corrected chi connectivity index (χ2v) is 8.61. The molecule has 0 radical (unpaired) electrons. The first-order valence-electron chi connectivity index (χ1n) is 8.57. The van der Waals surface area contributed by atoms with Gasteiger partial charge in [-0.3, -0.25) is 4.79 Å². The van der Waals surface area contributed by atoms with Crippen molar-refractivity contribution >= 4 is 29.0 Å². The number of halogens is 3. The van der Waals surface area contributed by atoms with Gasteiger partial charge in [-0.1, -0.05) is 11.6 Å². The highest BCUT2D eigenvalue weighted by Gasteiger charge is 2.36. The summed E-state index contributed by atoms with van der Waals surface area (Å²) in [7, 11) is 1.69. The number of allylic oxidation sites excluding steroid dienone is 2. The molecule has 0 aromatic carbocycles. The topological polar surface area (TPSA) is 46.1 Å². The third-order valence-corrected chi connectivity index (χ3v) is 6.23. The number of fused-ring (bicyclic) bond motifs is 1. The summed E-state index contributed by atoms with van der Waals surface area (Å²) in [5.41, 5.74) is 0.328. The van der Waals surface area contributed by atoms with E-state index < -0.39 is 11.7 Å². The molecule has 2 aromatic rings. The average molecular weight is 430 g/mol. The Labute approximate surface area is 170 Å². The van der Waals surface area contributed by atoms with Crippen molar-refractivity contribution in [3.05, 3.63) is 40.2 Å². The molecule has 2 aromatic heterocycles. The highest BCUT2D eigenvalue weighted by Crippen LogP contribution is 2.42. The molecule has 0 N–H and O–H groups in total. The monoisotopic (exact) mass is 429 g/mol. The number of amides is 1. The largest absolute Gasteiger partial charge is 0.420 e. The van der Waals surface area contributed by atoms with Gasteiger partial charge in [-0.2, -0.15) is 13.2 Å². The summed E-state index contributed by atoms with van der Waals surface area (Å²) in [6, 6.07) is 1.62. The van der Waals surface area contributed by atoms with Crippen molar-refractivity contribution in [3.8, 4) is 10.6 Å². The molecule has 0 bridgehead atoms. The van der Waals surface area contributed by atoms with E-state index in [1.165, 1.54) is 24.3 Å². The Kier molecular flexibility index (Phi) is 7.28. The zero-order valence-corrected chi connectivity index (χ0v) is 18.0. The van der Waals surface area contributed by atoms with Crippen molar-refractivity contribution in [2.45, 2.75) is 38.8 Å². The van der Waals surface area contributed by atoms with E-state index in [1.54, 1.807) is 18.0 Å². The summed E-state index contributed by atoms with van der Waals surface area (Å²) in [6.07, 6.45) is -1.66. The number of nitrogens with zero attached hydrogens (tertiary/aromatic N) is 3. The van der Waals surface area contributed by atoms with Crippen molar-refractivity contribution in [1.82, 2.24) is 14.9 Å². The van der Waals surface area contributed by atoms with Crippen LogP contribution in [0.1, 0.15) is 41.8 Å². The zero-order chi connectivity index (χ0) is 21.1. The fourth-order valence-electron chi connectivity index (χ4n) is 2.18. The maximum atomic E-state index is 13.2. The van der Waals surface area contributed by atoms with Gasteiger partial charge in [0.1, 0.15) is 16.3 Å². The van der Waals surface area contributed by atoms with Crippen LogP contribution in [0.4, 0.5) is 13.2 Å². The molecular weight excluding hydrogens is 407 g/mol. The van der Waals surface area contributed by atoms with Crippen LogP contribution < -0.4 is 0 Å². The summed E-state index contributed by atoms with van der Waals surface area (Å²) < 4.78 is 39.6. The maximum absolute atomic E-state index is 13.2. The number of rotatable bonds is 1. The van der Waals surface area contributed by atoms with E-state index in [2.05, 4.69) is 29.9 Å². The predicted molar refractivity (Wildman–Crippen MR) is 108 cm³/mol. The predicted octanol–water partition coefficient (Wildman–Crippen LogP) is 5.68. The van der Waals surface area contributed by atoms with Gasteiger partial charge < -0.3 is 4.90 Å². The maximum Gasteiger partial charge on any atom is 0.420 e. The molecule has 1 amide bonds. The number of thioether (sulfide) groups is 1. The second-order valence-electron chi connectivity index (χ2n) is 6.42. The van der Waals surface area contributed by atoms with Crippen molar-refractivity contribution < 1.29 is 18.0 Å². The van der Waals surface area contributed by atoms with Gasteiger partial charge in [-0.25, -0.2) is 9.97 Å². The first kappa shape index (κ1) is 22.4. The highest BCUT2D eigenvalue weighted by atomic mass is 32.2. The summed E-state index contributed by atoms with van der Waals surface area (Å²) in [5.74, 6) is 0.800. The molecule has 152 valence electrons. The van der Waals surface area contributed by atoms with E-state index in [0.29, 0.717) is 26.9 Å². The average Bonchev–Trinajstić information content (AvgIpc) is 2.99. The van der Waals surface area contributed by atoms with Crippen LogP contribution in [0, 0.1) is 6.92 Å². The smallest absolute Gasteiger partial charge is 0.340 e. The van der Waals surface area contributed by atoms with Gasteiger partial charge in [0.05, 0.1) is 10.6 Å². The van der Waals surface area contributed by atoms with Crippen LogP contribution in [0.2, 0.25) is 0 Å². The quantitative estimate of drug-likeness (QED) is 0.547. The Bertz CT molecular complexity index is 887. The van der Waals surface area contributed by atoms with Gasteiger partial charge in [0, 0.05) is 30.4 Å². The van der Waals surface area contributed by atoms with Crippen LogP contribution in [-0.4, -0.2) is 40.1 Å². The van der Waals surface area contributed by atoms with E-state index in [9.17, 15) is 18.0 Å². The molecule has 0 saturated carbocycles. The lowest BCUT2D eigenvalue weighted by Gasteiger charge is -2.12. The van der Waals surface area contributed by atoms with Crippen molar-refractivity contribution in [2.24, 2.45) is 0 Å². The van der Waals surface area contributed by atoms with E-state index in [1.807, 2.05) is 6.92 Å². The lowest BCUT2D eigenvalue weighted by atomic mass is 10.2. The van der Waals surface area contributed by atoms with Gasteiger partial charge in [0.2, 0.25) is 0 Å². The molecule has 0 aliphatic carbocycles. The Balaban J connectivity index is 0.000000500. The fraction of sp³-hybridized carbons (Fsp3) is 0.421. The Hall–Kier alpha value is -1.87. The SMILES string of the molecule is CC=C(C)C.Cc1ncc(C(F)(F)F)c(-c2cc3c(s2)C(=O)N(C)CCS3)n1. The van der Waals surface area contributed by atoms with Crippen LogP contribution in [0.15, 0.2) is 28.8 Å². The zero-order valence-electron chi connectivity index (χ0n) is 16.3. The molecule has 0 fully saturated rings. The minimum Gasteiger partial charge on any atom is -0.340 e. The molecule has 0 saturated heterocycles. The summed E-state index contributed by atoms with van der Waals surface area (Å²) in [5, 5.41) is 0. The number of carbonyl (C=O) groups excluding carboxylic acids is 1. The third kappa shape index (κ3) is 5.35. The Morgan fingerprint density at radius 3 is 2.54 bits per heavy atom. The molecular formula is C19H22F3N3OS2. The van der Waals surface area contributed by atoms with Gasteiger partial charge in [0.15, 0.2) is 0 Å². The molecule has 3 rings (SSSR count). The molecule has 4 nitrogen and oxygen atoms in total. The number of aromatic nitrogens is 2.